The molecule has 1 aromatic heterocycles. The Morgan fingerprint density at radius 2 is 2.21 bits per heavy atom. The van der Waals surface area contributed by atoms with E-state index in [0.717, 1.165) is 11.0 Å². The van der Waals surface area contributed by atoms with Crippen LogP contribution in [0.1, 0.15) is 29.1 Å². The number of hydrogen-bond donors (Lipinski definition) is 2. The molecule has 0 radical (unpaired) electrons. The van der Waals surface area contributed by atoms with Crippen LogP contribution in [-0.2, 0) is 9.53 Å². The predicted octanol–water partition coefficient (Wildman–Crippen LogP) is 2.00. The van der Waals surface area contributed by atoms with Crippen LogP contribution < -0.4 is 5.32 Å². The maximum atomic E-state index is 12.0. The third-order valence-corrected chi connectivity index (χ3v) is 3.13. The molecule has 0 aliphatic heterocycles. The largest absolute Gasteiger partial charge is 0.478 e. The predicted molar refractivity (Wildman–Crippen MR) is 74.4 cm³/mol. The van der Waals surface area contributed by atoms with E-state index in [1.165, 1.54) is 17.4 Å². The first-order chi connectivity index (χ1) is 8.84. The summed E-state index contributed by atoms with van der Waals surface area (Å²) >= 11 is 1.32. The van der Waals surface area contributed by atoms with E-state index in [9.17, 15) is 9.59 Å². The molecule has 2 N–H and O–H groups in total. The van der Waals surface area contributed by atoms with Crippen molar-refractivity contribution in [1.29, 1.82) is 0 Å². The van der Waals surface area contributed by atoms with Gasteiger partial charge in [-0.2, -0.15) is 0 Å². The molecular formula is C13H17NO4S. The molecule has 1 heterocycles. The summed E-state index contributed by atoms with van der Waals surface area (Å²) in [5, 5.41) is 13.1. The second-order valence-electron chi connectivity index (χ2n) is 4.68. The molecule has 19 heavy (non-hydrogen) atoms. The van der Waals surface area contributed by atoms with E-state index >= 15 is 0 Å². The minimum absolute atomic E-state index is 0.201. The number of thiophene rings is 1. The lowest BCUT2D eigenvalue weighted by molar-refractivity contribution is -0.131. The highest BCUT2D eigenvalue weighted by Gasteiger charge is 2.21. The van der Waals surface area contributed by atoms with Crippen LogP contribution in [0.15, 0.2) is 17.5 Å². The Bertz CT molecular complexity index is 491. The van der Waals surface area contributed by atoms with Crippen LogP contribution in [0.2, 0.25) is 0 Å². The summed E-state index contributed by atoms with van der Waals surface area (Å²) in [6, 6.07) is 1.66. The fraction of sp³-hybridized carbons (Fsp3) is 0.385. The number of ether oxygens (including phenoxy) is 1. The van der Waals surface area contributed by atoms with Crippen molar-refractivity contribution < 1.29 is 19.4 Å². The van der Waals surface area contributed by atoms with E-state index in [2.05, 4.69) is 5.32 Å². The zero-order valence-electron chi connectivity index (χ0n) is 11.1. The first kappa shape index (κ1) is 15.4. The van der Waals surface area contributed by atoms with Gasteiger partial charge in [-0.15, -0.1) is 11.3 Å². The Labute approximate surface area is 115 Å². The lowest BCUT2D eigenvalue weighted by Gasteiger charge is -2.24. The zero-order valence-corrected chi connectivity index (χ0v) is 11.9. The molecule has 1 aromatic rings. The summed E-state index contributed by atoms with van der Waals surface area (Å²) in [7, 11) is 1.58. The molecule has 1 amide bonds. The first-order valence-electron chi connectivity index (χ1n) is 5.65. The van der Waals surface area contributed by atoms with Crippen LogP contribution in [0.5, 0.6) is 0 Å². The number of hydrogen-bond acceptors (Lipinski definition) is 4. The molecule has 0 fully saturated rings. The van der Waals surface area contributed by atoms with Gasteiger partial charge in [0.2, 0.25) is 0 Å². The van der Waals surface area contributed by atoms with Crippen LogP contribution in [-0.4, -0.2) is 36.2 Å². The standard InChI is InChI=1S/C13H17NO4S/c1-13(2,8-18-3)14-12(17)9-6-10(19-7-9)4-5-11(15)16/h4-7H,8H2,1-3H3,(H,14,17)(H,15,16)/b5-4+. The molecule has 0 aliphatic rings. The van der Waals surface area contributed by atoms with Gasteiger partial charge in [-0.3, -0.25) is 4.79 Å². The van der Waals surface area contributed by atoms with Crippen LogP contribution >= 0.6 is 11.3 Å². The molecule has 0 aliphatic carbocycles. The lowest BCUT2D eigenvalue weighted by Crippen LogP contribution is -2.46. The van der Waals surface area contributed by atoms with Crippen molar-refractivity contribution in [2.24, 2.45) is 0 Å². The number of carbonyl (C=O) groups excluding carboxylic acids is 1. The first-order valence-corrected chi connectivity index (χ1v) is 6.53. The number of aliphatic carboxylic acids is 1. The highest BCUT2D eigenvalue weighted by atomic mass is 32.1. The summed E-state index contributed by atoms with van der Waals surface area (Å²) in [5.74, 6) is -1.21. The van der Waals surface area contributed by atoms with E-state index in [-0.39, 0.29) is 5.91 Å². The Hall–Kier alpha value is -1.66. The molecule has 0 spiro atoms. The molecular weight excluding hydrogens is 266 g/mol. The number of nitrogens with one attached hydrogen (secondary N) is 1. The Morgan fingerprint density at radius 3 is 2.79 bits per heavy atom. The van der Waals surface area contributed by atoms with Crippen molar-refractivity contribution in [2.75, 3.05) is 13.7 Å². The van der Waals surface area contributed by atoms with Crippen molar-refractivity contribution in [1.82, 2.24) is 5.32 Å². The Morgan fingerprint density at radius 1 is 1.53 bits per heavy atom. The topological polar surface area (TPSA) is 75.6 Å². The zero-order chi connectivity index (χ0) is 14.5. The average molecular weight is 283 g/mol. The van der Waals surface area contributed by atoms with E-state index in [0.29, 0.717) is 12.2 Å². The molecule has 104 valence electrons. The molecule has 0 atom stereocenters. The van der Waals surface area contributed by atoms with E-state index < -0.39 is 11.5 Å². The SMILES string of the molecule is COCC(C)(C)NC(=O)c1csc(/C=C/C(=O)O)c1. The second kappa shape index (κ2) is 6.49. The van der Waals surface area contributed by atoms with Gasteiger partial charge in [0.05, 0.1) is 17.7 Å². The third kappa shape index (κ3) is 5.23. The highest BCUT2D eigenvalue weighted by molar-refractivity contribution is 7.11. The summed E-state index contributed by atoms with van der Waals surface area (Å²) in [6.07, 6.45) is 2.51. The van der Waals surface area contributed by atoms with Crippen LogP contribution in [0, 0.1) is 0 Å². The number of rotatable bonds is 6. The van der Waals surface area contributed by atoms with Crippen LogP contribution in [0.4, 0.5) is 0 Å². The molecule has 0 unspecified atom stereocenters. The second-order valence-corrected chi connectivity index (χ2v) is 5.62. The molecule has 1 rings (SSSR count). The minimum Gasteiger partial charge on any atom is -0.478 e. The fourth-order valence-electron chi connectivity index (χ4n) is 1.49. The average Bonchev–Trinajstić information content (AvgIpc) is 2.74. The smallest absolute Gasteiger partial charge is 0.328 e. The van der Waals surface area contributed by atoms with E-state index in [1.807, 2.05) is 13.8 Å². The molecule has 5 nitrogen and oxygen atoms in total. The normalized spacial score (nSPS) is 11.7. The van der Waals surface area contributed by atoms with Gasteiger partial charge in [0.15, 0.2) is 0 Å². The van der Waals surface area contributed by atoms with Crippen molar-refractivity contribution in [2.45, 2.75) is 19.4 Å². The summed E-state index contributed by atoms with van der Waals surface area (Å²) in [6.45, 7) is 4.15. The van der Waals surface area contributed by atoms with E-state index in [4.69, 9.17) is 9.84 Å². The summed E-state index contributed by atoms with van der Waals surface area (Å²) in [5.41, 5.74) is 0.0596. The third-order valence-electron chi connectivity index (χ3n) is 2.23. The van der Waals surface area contributed by atoms with Crippen LogP contribution in [0.3, 0.4) is 0 Å². The van der Waals surface area contributed by atoms with Crippen molar-refractivity contribution in [3.8, 4) is 0 Å². The van der Waals surface area contributed by atoms with Gasteiger partial charge >= 0.3 is 5.97 Å². The quantitative estimate of drug-likeness (QED) is 0.783. The van der Waals surface area contributed by atoms with Gasteiger partial charge < -0.3 is 15.2 Å². The number of carboxylic acid groups (broad SMARTS) is 1. The molecule has 0 bridgehead atoms. The Kier molecular flexibility index (Phi) is 5.26. The van der Waals surface area contributed by atoms with Crippen LogP contribution in [0.25, 0.3) is 6.08 Å². The monoisotopic (exact) mass is 283 g/mol. The minimum atomic E-state index is -1.01. The summed E-state index contributed by atoms with van der Waals surface area (Å²) in [4.78, 5) is 23.1. The lowest BCUT2D eigenvalue weighted by atomic mass is 10.1. The maximum Gasteiger partial charge on any atom is 0.328 e. The van der Waals surface area contributed by atoms with Gasteiger partial charge in [0, 0.05) is 23.4 Å². The maximum absolute atomic E-state index is 12.0. The summed E-state index contributed by atoms with van der Waals surface area (Å²) < 4.78 is 5.02. The number of amides is 1. The number of carboxylic acids is 1. The molecule has 0 saturated carbocycles. The van der Waals surface area contributed by atoms with Gasteiger partial charge in [0.1, 0.15) is 0 Å². The molecule has 0 saturated heterocycles. The molecule has 6 heteroatoms. The van der Waals surface area contributed by atoms with Crippen molar-refractivity contribution in [3.63, 3.8) is 0 Å². The van der Waals surface area contributed by atoms with Gasteiger partial charge in [-0.25, -0.2) is 4.79 Å². The number of methoxy groups -OCH3 is 1. The van der Waals surface area contributed by atoms with E-state index in [1.54, 1.807) is 18.6 Å². The van der Waals surface area contributed by atoms with Gasteiger partial charge in [0.25, 0.3) is 5.91 Å². The van der Waals surface area contributed by atoms with Gasteiger partial charge in [-0.1, -0.05) is 0 Å². The highest BCUT2D eigenvalue weighted by Crippen LogP contribution is 2.17. The van der Waals surface area contributed by atoms with Crippen molar-refractivity contribution in [3.05, 3.63) is 28.0 Å². The Balaban J connectivity index is 2.71. The van der Waals surface area contributed by atoms with Crippen molar-refractivity contribution >= 4 is 29.3 Å². The molecule has 0 aromatic carbocycles. The number of carbonyl (C=O) groups is 2. The fourth-order valence-corrected chi connectivity index (χ4v) is 2.27. The van der Waals surface area contributed by atoms with Gasteiger partial charge in [-0.05, 0) is 26.0 Å².